The van der Waals surface area contributed by atoms with E-state index in [0.717, 1.165) is 11.0 Å². The van der Waals surface area contributed by atoms with E-state index >= 15 is 0 Å². The molecule has 3 rings (SSSR count). The number of fused-ring (bicyclic) bond motifs is 1. The van der Waals surface area contributed by atoms with Crippen LogP contribution in [-0.4, -0.2) is 14.5 Å². The lowest BCUT2D eigenvalue weighted by molar-refractivity contribution is 0.532. The van der Waals surface area contributed by atoms with E-state index in [2.05, 4.69) is 14.5 Å². The summed E-state index contributed by atoms with van der Waals surface area (Å²) in [5.41, 5.74) is 7.74. The molecular weight excluding hydrogens is 188 g/mol. The van der Waals surface area contributed by atoms with E-state index in [4.69, 9.17) is 5.73 Å². The second-order valence-electron chi connectivity index (χ2n) is 4.15. The smallest absolute Gasteiger partial charge is 0.151 e. The van der Waals surface area contributed by atoms with Crippen LogP contribution in [0.2, 0.25) is 0 Å². The summed E-state index contributed by atoms with van der Waals surface area (Å²) in [6.07, 6.45) is 8.82. The quantitative estimate of drug-likeness (QED) is 0.770. The fourth-order valence-electron chi connectivity index (χ4n) is 2.46. The Morgan fingerprint density at radius 2 is 2.07 bits per heavy atom. The average Bonchev–Trinajstić information content (AvgIpc) is 2.85. The molecule has 78 valence electrons. The number of hydrogen-bond donors (Lipinski definition) is 1. The van der Waals surface area contributed by atoms with Crippen molar-refractivity contribution in [2.24, 2.45) is 0 Å². The van der Waals surface area contributed by atoms with E-state index < -0.39 is 0 Å². The molecule has 0 spiro atoms. The molecule has 2 N–H and O–H groups in total. The minimum atomic E-state index is 0.532. The molecule has 1 aliphatic rings. The lowest BCUT2D eigenvalue weighted by atomic mass is 10.2. The summed E-state index contributed by atoms with van der Waals surface area (Å²) in [7, 11) is 0. The Hall–Kier alpha value is -1.58. The van der Waals surface area contributed by atoms with Gasteiger partial charge in [-0.2, -0.15) is 0 Å². The Morgan fingerprint density at radius 1 is 1.27 bits per heavy atom. The molecule has 1 aliphatic carbocycles. The van der Waals surface area contributed by atoms with E-state index in [-0.39, 0.29) is 0 Å². The molecule has 2 heterocycles. The number of rotatable bonds is 1. The Labute approximate surface area is 88.1 Å². The molecule has 1 fully saturated rings. The van der Waals surface area contributed by atoms with Crippen LogP contribution in [0.4, 0.5) is 5.82 Å². The van der Waals surface area contributed by atoms with E-state index in [0.29, 0.717) is 11.9 Å². The summed E-state index contributed by atoms with van der Waals surface area (Å²) in [6.45, 7) is 0. The molecule has 4 heteroatoms. The predicted octanol–water partition coefficient (Wildman–Crippen LogP) is 2.13. The fourth-order valence-corrected chi connectivity index (χ4v) is 2.46. The number of imidazole rings is 1. The summed E-state index contributed by atoms with van der Waals surface area (Å²) in [4.78, 5) is 8.39. The highest BCUT2D eigenvalue weighted by molar-refractivity contribution is 5.84. The van der Waals surface area contributed by atoms with Crippen molar-refractivity contribution in [3.8, 4) is 0 Å². The molecule has 0 aromatic carbocycles. The van der Waals surface area contributed by atoms with Crippen molar-refractivity contribution < 1.29 is 0 Å². The lowest BCUT2D eigenvalue weighted by Gasteiger charge is -2.11. The van der Waals surface area contributed by atoms with Gasteiger partial charge in [-0.25, -0.2) is 9.97 Å². The van der Waals surface area contributed by atoms with Crippen LogP contribution in [0, 0.1) is 0 Å². The summed E-state index contributed by atoms with van der Waals surface area (Å²) in [6, 6.07) is 2.61. The van der Waals surface area contributed by atoms with Crippen molar-refractivity contribution in [1.29, 1.82) is 0 Å². The molecule has 0 unspecified atom stereocenters. The molecular formula is C11H14N4. The number of hydrogen-bond acceptors (Lipinski definition) is 3. The third-order valence-electron chi connectivity index (χ3n) is 3.24. The number of aromatic nitrogens is 3. The highest BCUT2D eigenvalue weighted by atomic mass is 15.1. The highest BCUT2D eigenvalue weighted by Crippen LogP contribution is 2.32. The van der Waals surface area contributed by atoms with E-state index in [9.17, 15) is 0 Å². The third kappa shape index (κ3) is 1.28. The van der Waals surface area contributed by atoms with Gasteiger partial charge in [-0.3, -0.25) is 0 Å². The van der Waals surface area contributed by atoms with Gasteiger partial charge < -0.3 is 10.3 Å². The van der Waals surface area contributed by atoms with Gasteiger partial charge in [0.05, 0.1) is 11.8 Å². The van der Waals surface area contributed by atoms with Crippen molar-refractivity contribution in [3.05, 3.63) is 18.6 Å². The van der Waals surface area contributed by atoms with Gasteiger partial charge in [0.1, 0.15) is 5.52 Å². The van der Waals surface area contributed by atoms with Crippen LogP contribution < -0.4 is 5.73 Å². The van der Waals surface area contributed by atoms with Gasteiger partial charge in [-0.15, -0.1) is 0 Å². The molecule has 0 aliphatic heterocycles. The van der Waals surface area contributed by atoms with Gasteiger partial charge in [0.15, 0.2) is 5.82 Å². The molecule has 15 heavy (non-hydrogen) atoms. The van der Waals surface area contributed by atoms with Crippen molar-refractivity contribution >= 4 is 16.9 Å². The van der Waals surface area contributed by atoms with E-state index in [1.54, 1.807) is 6.20 Å². The second kappa shape index (κ2) is 3.22. The molecule has 0 atom stereocenters. The number of pyridine rings is 1. The zero-order valence-corrected chi connectivity index (χ0v) is 8.56. The Bertz CT molecular complexity index is 482. The fraction of sp³-hybridized carbons (Fsp3) is 0.455. The zero-order valence-electron chi connectivity index (χ0n) is 8.56. The van der Waals surface area contributed by atoms with Crippen molar-refractivity contribution in [2.75, 3.05) is 5.73 Å². The largest absolute Gasteiger partial charge is 0.382 e. The normalized spacial score (nSPS) is 17.6. The SMILES string of the molecule is Nc1nccc2c1ncn2C1CCCC1. The van der Waals surface area contributed by atoms with Gasteiger partial charge in [-0.05, 0) is 18.9 Å². The van der Waals surface area contributed by atoms with Crippen molar-refractivity contribution in [1.82, 2.24) is 14.5 Å². The standard InChI is InChI=1S/C11H14N4/c12-11-10-9(5-6-13-11)15(7-14-10)8-3-1-2-4-8/h5-8H,1-4H2,(H2,12,13). The first kappa shape index (κ1) is 8.71. The van der Waals surface area contributed by atoms with Crippen LogP contribution in [0.5, 0.6) is 0 Å². The number of nitrogens with zero attached hydrogens (tertiary/aromatic N) is 3. The third-order valence-corrected chi connectivity index (χ3v) is 3.24. The topological polar surface area (TPSA) is 56.7 Å². The van der Waals surface area contributed by atoms with Crippen molar-refractivity contribution in [3.63, 3.8) is 0 Å². The highest BCUT2D eigenvalue weighted by Gasteiger charge is 2.19. The first-order valence-corrected chi connectivity index (χ1v) is 5.43. The molecule has 1 saturated carbocycles. The molecule has 0 bridgehead atoms. The van der Waals surface area contributed by atoms with Gasteiger partial charge in [0.25, 0.3) is 0 Å². The number of anilines is 1. The Kier molecular flexibility index (Phi) is 1.87. The summed E-state index contributed by atoms with van der Waals surface area (Å²) in [5.74, 6) is 0.532. The Balaban J connectivity index is 2.15. The van der Waals surface area contributed by atoms with Gasteiger partial charge in [0.2, 0.25) is 0 Å². The monoisotopic (exact) mass is 202 g/mol. The second-order valence-corrected chi connectivity index (χ2v) is 4.15. The minimum Gasteiger partial charge on any atom is -0.382 e. The van der Waals surface area contributed by atoms with Gasteiger partial charge in [0, 0.05) is 12.2 Å². The maximum Gasteiger partial charge on any atom is 0.151 e. The maximum atomic E-state index is 5.78. The first-order chi connectivity index (χ1) is 7.36. The molecule has 2 aromatic heterocycles. The summed E-state index contributed by atoms with van der Waals surface area (Å²) >= 11 is 0. The van der Waals surface area contributed by atoms with Crippen LogP contribution in [0.15, 0.2) is 18.6 Å². The van der Waals surface area contributed by atoms with Crippen LogP contribution in [0.1, 0.15) is 31.7 Å². The first-order valence-electron chi connectivity index (χ1n) is 5.43. The van der Waals surface area contributed by atoms with E-state index in [1.165, 1.54) is 25.7 Å². The molecule has 0 amide bonds. The van der Waals surface area contributed by atoms with Gasteiger partial charge in [-0.1, -0.05) is 12.8 Å². The predicted molar refractivity (Wildman–Crippen MR) is 59.4 cm³/mol. The van der Waals surface area contributed by atoms with E-state index in [1.807, 2.05) is 12.4 Å². The Morgan fingerprint density at radius 3 is 2.87 bits per heavy atom. The summed E-state index contributed by atoms with van der Waals surface area (Å²) in [5, 5.41) is 0. The minimum absolute atomic E-state index is 0.532. The maximum absolute atomic E-state index is 5.78. The number of nitrogens with two attached hydrogens (primary N) is 1. The zero-order chi connectivity index (χ0) is 10.3. The van der Waals surface area contributed by atoms with Crippen LogP contribution in [0.25, 0.3) is 11.0 Å². The molecule has 0 saturated heterocycles. The molecule has 4 nitrogen and oxygen atoms in total. The van der Waals surface area contributed by atoms with Crippen LogP contribution >= 0.6 is 0 Å². The lowest BCUT2D eigenvalue weighted by Crippen LogP contribution is -2.02. The van der Waals surface area contributed by atoms with Crippen LogP contribution in [0.3, 0.4) is 0 Å². The van der Waals surface area contributed by atoms with Gasteiger partial charge >= 0.3 is 0 Å². The number of nitrogen functional groups attached to an aromatic ring is 1. The molecule has 0 radical (unpaired) electrons. The average molecular weight is 202 g/mol. The van der Waals surface area contributed by atoms with Crippen LogP contribution in [-0.2, 0) is 0 Å². The molecule has 2 aromatic rings. The summed E-state index contributed by atoms with van der Waals surface area (Å²) < 4.78 is 2.25. The van der Waals surface area contributed by atoms with Crippen molar-refractivity contribution in [2.45, 2.75) is 31.7 Å².